The van der Waals surface area contributed by atoms with E-state index in [2.05, 4.69) is 9.71 Å². The van der Waals surface area contributed by atoms with Crippen LogP contribution in [0, 0.1) is 0 Å². The van der Waals surface area contributed by atoms with Crippen LogP contribution in [-0.4, -0.2) is 29.6 Å². The van der Waals surface area contributed by atoms with Crippen molar-refractivity contribution < 1.29 is 13.5 Å². The van der Waals surface area contributed by atoms with E-state index in [0.29, 0.717) is 0 Å². The van der Waals surface area contributed by atoms with E-state index >= 15 is 0 Å². The minimum absolute atomic E-state index is 0.0871. The molecule has 0 aliphatic rings. The Morgan fingerprint density at radius 2 is 1.89 bits per heavy atom. The van der Waals surface area contributed by atoms with E-state index in [9.17, 15) is 13.5 Å². The zero-order chi connectivity index (χ0) is 14.2. The van der Waals surface area contributed by atoms with Gasteiger partial charge >= 0.3 is 0 Å². The van der Waals surface area contributed by atoms with E-state index in [1.807, 2.05) is 0 Å². The topological polar surface area (TPSA) is 79.3 Å². The molecule has 0 atom stereocenters. The number of aromatic nitrogens is 1. The van der Waals surface area contributed by atoms with Gasteiger partial charge in [0.15, 0.2) is 0 Å². The number of halogens is 1. The third-order valence-electron chi connectivity index (χ3n) is 2.94. The highest BCUT2D eigenvalue weighted by Crippen LogP contribution is 2.25. The van der Waals surface area contributed by atoms with E-state index in [1.165, 1.54) is 32.3 Å². The van der Waals surface area contributed by atoms with Gasteiger partial charge in [-0.15, -0.1) is 0 Å². The second-order valence-corrected chi connectivity index (χ2v) is 7.15. The summed E-state index contributed by atoms with van der Waals surface area (Å²) in [5, 5.41) is 10.0. The van der Waals surface area contributed by atoms with Gasteiger partial charge in [0.2, 0.25) is 10.0 Å². The van der Waals surface area contributed by atoms with Crippen LogP contribution in [0.4, 0.5) is 0 Å². The van der Waals surface area contributed by atoms with Crippen LogP contribution in [0.2, 0.25) is 5.02 Å². The fraction of sp³-hybridized carbons (Fsp3) is 0.545. The average Bonchev–Trinajstić information content (AvgIpc) is 2.14. The standard InChI is InChI=1S/C11H17ClN2O3S/c1-10(2,11(3,4)15)14-18(16,17)9-7-13-6-5-8(9)12/h5-7,14-15H,1-4H3. The van der Waals surface area contributed by atoms with Crippen molar-refractivity contribution in [2.24, 2.45) is 0 Å². The van der Waals surface area contributed by atoms with Crippen LogP contribution in [0.1, 0.15) is 27.7 Å². The van der Waals surface area contributed by atoms with Gasteiger partial charge in [0.1, 0.15) is 4.90 Å². The number of pyridine rings is 1. The second-order valence-electron chi connectivity index (χ2n) is 5.10. The Labute approximate surface area is 112 Å². The third kappa shape index (κ3) is 3.20. The average molecular weight is 293 g/mol. The molecule has 18 heavy (non-hydrogen) atoms. The fourth-order valence-electron chi connectivity index (χ4n) is 1.08. The predicted molar refractivity (Wildman–Crippen MR) is 69.9 cm³/mol. The highest BCUT2D eigenvalue weighted by molar-refractivity contribution is 7.89. The number of nitrogens with one attached hydrogen (secondary N) is 1. The van der Waals surface area contributed by atoms with Crippen LogP contribution in [0.25, 0.3) is 0 Å². The number of aliphatic hydroxyl groups is 1. The number of sulfonamides is 1. The van der Waals surface area contributed by atoms with Crippen molar-refractivity contribution in [1.29, 1.82) is 0 Å². The first kappa shape index (κ1) is 15.4. The van der Waals surface area contributed by atoms with Crippen molar-refractivity contribution in [2.75, 3.05) is 0 Å². The van der Waals surface area contributed by atoms with Crippen LogP contribution < -0.4 is 4.72 Å². The first-order chi connectivity index (χ1) is 7.97. The first-order valence-electron chi connectivity index (χ1n) is 5.33. The maximum atomic E-state index is 12.2. The summed E-state index contributed by atoms with van der Waals surface area (Å²) in [6.45, 7) is 6.24. The van der Waals surface area contributed by atoms with Crippen LogP contribution in [0.15, 0.2) is 23.4 Å². The van der Waals surface area contributed by atoms with E-state index in [4.69, 9.17) is 11.6 Å². The SMILES string of the molecule is CC(C)(O)C(C)(C)NS(=O)(=O)c1cnccc1Cl. The Bertz CT molecular complexity index is 535. The molecule has 102 valence electrons. The highest BCUT2D eigenvalue weighted by atomic mass is 35.5. The largest absolute Gasteiger partial charge is 0.389 e. The number of rotatable bonds is 4. The molecular weight excluding hydrogens is 276 g/mol. The van der Waals surface area contributed by atoms with E-state index in [1.54, 1.807) is 13.8 Å². The smallest absolute Gasteiger partial charge is 0.244 e. The van der Waals surface area contributed by atoms with Crippen molar-refractivity contribution in [2.45, 2.75) is 43.7 Å². The maximum Gasteiger partial charge on any atom is 0.244 e. The van der Waals surface area contributed by atoms with E-state index < -0.39 is 21.2 Å². The minimum atomic E-state index is -3.84. The van der Waals surface area contributed by atoms with Gasteiger partial charge in [-0.05, 0) is 33.8 Å². The van der Waals surface area contributed by atoms with Crippen LogP contribution in [0.5, 0.6) is 0 Å². The zero-order valence-electron chi connectivity index (χ0n) is 10.7. The van der Waals surface area contributed by atoms with Crippen molar-refractivity contribution in [1.82, 2.24) is 9.71 Å². The Balaban J connectivity index is 3.16. The molecule has 0 aliphatic heterocycles. The minimum Gasteiger partial charge on any atom is -0.389 e. The molecule has 1 aromatic rings. The van der Waals surface area contributed by atoms with Crippen LogP contribution in [0.3, 0.4) is 0 Å². The normalized spacial score (nSPS) is 13.7. The lowest BCUT2D eigenvalue weighted by Crippen LogP contribution is -2.57. The number of hydrogen-bond acceptors (Lipinski definition) is 4. The molecule has 0 radical (unpaired) electrons. The summed E-state index contributed by atoms with van der Waals surface area (Å²) < 4.78 is 26.8. The van der Waals surface area contributed by atoms with Crippen molar-refractivity contribution in [3.8, 4) is 0 Å². The molecule has 2 N–H and O–H groups in total. The number of nitrogens with zero attached hydrogens (tertiary/aromatic N) is 1. The molecule has 0 bridgehead atoms. The third-order valence-corrected chi connectivity index (χ3v) is 5.07. The molecule has 0 fully saturated rings. The molecule has 0 saturated heterocycles. The molecule has 0 unspecified atom stereocenters. The molecule has 0 spiro atoms. The summed E-state index contributed by atoms with van der Waals surface area (Å²) in [6.07, 6.45) is 2.58. The molecule has 7 heteroatoms. The number of hydrogen-bond donors (Lipinski definition) is 2. The van der Waals surface area contributed by atoms with Gasteiger partial charge in [0.25, 0.3) is 0 Å². The molecular formula is C11H17ClN2O3S. The molecule has 1 heterocycles. The van der Waals surface area contributed by atoms with Gasteiger partial charge in [0, 0.05) is 12.4 Å². The van der Waals surface area contributed by atoms with Gasteiger partial charge < -0.3 is 5.11 Å². The summed E-state index contributed by atoms with van der Waals surface area (Å²) in [5.74, 6) is 0. The zero-order valence-corrected chi connectivity index (χ0v) is 12.3. The Hall–Kier alpha value is -0.690. The van der Waals surface area contributed by atoms with Crippen LogP contribution >= 0.6 is 11.6 Å². The van der Waals surface area contributed by atoms with Crippen molar-refractivity contribution in [3.05, 3.63) is 23.5 Å². The van der Waals surface area contributed by atoms with E-state index in [0.717, 1.165) is 0 Å². The first-order valence-corrected chi connectivity index (χ1v) is 7.19. The lowest BCUT2D eigenvalue weighted by molar-refractivity contribution is 0.00638. The summed E-state index contributed by atoms with van der Waals surface area (Å²) in [5.41, 5.74) is -2.28. The molecule has 0 aromatic carbocycles. The van der Waals surface area contributed by atoms with Crippen molar-refractivity contribution >= 4 is 21.6 Å². The molecule has 1 rings (SSSR count). The molecule has 5 nitrogen and oxygen atoms in total. The predicted octanol–water partition coefficient (Wildman–Crippen LogP) is 1.56. The highest BCUT2D eigenvalue weighted by Gasteiger charge is 2.39. The van der Waals surface area contributed by atoms with Gasteiger partial charge in [-0.3, -0.25) is 4.98 Å². The van der Waals surface area contributed by atoms with Gasteiger partial charge in [0.05, 0.1) is 16.2 Å². The van der Waals surface area contributed by atoms with E-state index in [-0.39, 0.29) is 9.92 Å². The Kier molecular flexibility index (Phi) is 4.07. The quantitative estimate of drug-likeness (QED) is 0.883. The lowest BCUT2D eigenvalue weighted by atomic mass is 9.87. The van der Waals surface area contributed by atoms with Gasteiger partial charge in [-0.25, -0.2) is 13.1 Å². The summed E-state index contributed by atoms with van der Waals surface area (Å²) in [6, 6.07) is 1.40. The van der Waals surface area contributed by atoms with Crippen LogP contribution in [-0.2, 0) is 10.0 Å². The molecule has 0 amide bonds. The van der Waals surface area contributed by atoms with Gasteiger partial charge in [-0.1, -0.05) is 11.6 Å². The summed E-state index contributed by atoms with van der Waals surface area (Å²) in [7, 11) is -3.84. The maximum absolute atomic E-state index is 12.2. The molecule has 0 saturated carbocycles. The Morgan fingerprint density at radius 1 is 1.33 bits per heavy atom. The molecule has 0 aliphatic carbocycles. The lowest BCUT2D eigenvalue weighted by Gasteiger charge is -2.37. The van der Waals surface area contributed by atoms with Crippen molar-refractivity contribution in [3.63, 3.8) is 0 Å². The summed E-state index contributed by atoms with van der Waals surface area (Å²) >= 11 is 5.83. The fourth-order valence-corrected chi connectivity index (χ4v) is 3.04. The molecule has 1 aromatic heterocycles. The second kappa shape index (κ2) is 4.77. The Morgan fingerprint density at radius 3 is 2.33 bits per heavy atom. The van der Waals surface area contributed by atoms with Gasteiger partial charge in [-0.2, -0.15) is 0 Å². The monoisotopic (exact) mass is 292 g/mol. The summed E-state index contributed by atoms with van der Waals surface area (Å²) in [4.78, 5) is 3.63.